The van der Waals surface area contributed by atoms with Gasteiger partial charge in [0.1, 0.15) is 0 Å². The molecule has 1 heterocycles. The van der Waals surface area contributed by atoms with Crippen LogP contribution in [-0.4, -0.2) is 12.7 Å². The normalized spacial score (nSPS) is 11.2. The highest BCUT2D eigenvalue weighted by Crippen LogP contribution is 2.41. The molecule has 0 bridgehead atoms. The Bertz CT molecular complexity index is 1040. The van der Waals surface area contributed by atoms with E-state index in [4.69, 9.17) is 4.74 Å². The van der Waals surface area contributed by atoms with Crippen LogP contribution in [0, 0.1) is 0 Å². The zero-order valence-corrected chi connectivity index (χ0v) is 13.4. The monoisotopic (exact) mass is 321 g/mol. The van der Waals surface area contributed by atoms with E-state index >= 15 is 0 Å². The Labute approximate surface area is 137 Å². The second-order valence-corrected chi connectivity index (χ2v) is 6.34. The molecule has 3 nitrogen and oxygen atoms in total. The smallest absolute Gasteiger partial charge is 0.411 e. The molecule has 0 atom stereocenters. The zero-order valence-electron chi connectivity index (χ0n) is 12.6. The second-order valence-electron chi connectivity index (χ2n) is 5.29. The molecule has 0 aliphatic heterocycles. The molecule has 3 aromatic carbocycles. The van der Waals surface area contributed by atoms with Crippen molar-refractivity contribution in [2.45, 2.75) is 6.92 Å². The Morgan fingerprint density at radius 2 is 1.70 bits per heavy atom. The Balaban J connectivity index is 2.03. The molecule has 4 heteroatoms. The Morgan fingerprint density at radius 1 is 1.00 bits per heavy atom. The van der Waals surface area contributed by atoms with Crippen molar-refractivity contribution in [2.75, 3.05) is 11.9 Å². The van der Waals surface area contributed by atoms with Gasteiger partial charge in [-0.15, -0.1) is 11.3 Å². The lowest BCUT2D eigenvalue weighted by molar-refractivity contribution is 0.168. The predicted molar refractivity (Wildman–Crippen MR) is 97.5 cm³/mol. The molecule has 0 fully saturated rings. The van der Waals surface area contributed by atoms with Crippen LogP contribution in [0.15, 0.2) is 54.6 Å². The largest absolute Gasteiger partial charge is 0.450 e. The Morgan fingerprint density at radius 3 is 2.48 bits per heavy atom. The van der Waals surface area contributed by atoms with E-state index in [1.54, 1.807) is 18.3 Å². The number of thiophene rings is 1. The van der Waals surface area contributed by atoms with Gasteiger partial charge in [0.15, 0.2) is 0 Å². The van der Waals surface area contributed by atoms with E-state index in [-0.39, 0.29) is 0 Å². The molecule has 0 radical (unpaired) electrons. The number of nitrogens with one attached hydrogen (secondary N) is 1. The lowest BCUT2D eigenvalue weighted by Crippen LogP contribution is -2.13. The standard InChI is InChI=1S/C19H15NO2S/c1-2-22-19(21)20-16-11-15-13-8-5-6-10-17(13)23-18(15)14-9-4-3-7-12(14)16/h3-11H,2H2,1H3,(H,20,21). The van der Waals surface area contributed by atoms with Gasteiger partial charge in [0, 0.05) is 30.9 Å². The van der Waals surface area contributed by atoms with Crippen molar-refractivity contribution < 1.29 is 9.53 Å². The molecule has 23 heavy (non-hydrogen) atoms. The van der Waals surface area contributed by atoms with Gasteiger partial charge >= 0.3 is 6.09 Å². The third-order valence-electron chi connectivity index (χ3n) is 3.90. The molecule has 0 aliphatic carbocycles. The zero-order chi connectivity index (χ0) is 15.8. The van der Waals surface area contributed by atoms with Crippen molar-refractivity contribution in [3.05, 3.63) is 54.6 Å². The van der Waals surface area contributed by atoms with Crippen LogP contribution in [0.5, 0.6) is 0 Å². The summed E-state index contributed by atoms with van der Waals surface area (Å²) >= 11 is 1.79. The first-order chi connectivity index (χ1) is 11.3. The molecular formula is C19H15NO2S. The molecule has 0 aliphatic rings. The number of hydrogen-bond donors (Lipinski definition) is 1. The highest BCUT2D eigenvalue weighted by Gasteiger charge is 2.13. The topological polar surface area (TPSA) is 38.3 Å². The summed E-state index contributed by atoms with van der Waals surface area (Å²) in [6, 6.07) is 18.5. The van der Waals surface area contributed by atoms with Crippen molar-refractivity contribution >= 4 is 54.1 Å². The van der Waals surface area contributed by atoms with Crippen LogP contribution in [0.2, 0.25) is 0 Å². The van der Waals surface area contributed by atoms with Gasteiger partial charge in [0.2, 0.25) is 0 Å². The van der Waals surface area contributed by atoms with Gasteiger partial charge in [-0.05, 0) is 19.1 Å². The molecule has 1 N–H and O–H groups in total. The number of carbonyl (C=O) groups excluding carboxylic acids is 1. The van der Waals surface area contributed by atoms with Crippen LogP contribution in [0.4, 0.5) is 10.5 Å². The van der Waals surface area contributed by atoms with Crippen LogP contribution in [-0.2, 0) is 4.74 Å². The molecule has 4 rings (SSSR count). The minimum atomic E-state index is -0.420. The van der Waals surface area contributed by atoms with Crippen molar-refractivity contribution in [3.63, 3.8) is 0 Å². The average Bonchev–Trinajstić information content (AvgIpc) is 2.94. The summed E-state index contributed by atoms with van der Waals surface area (Å²) in [5.74, 6) is 0. The molecule has 4 aromatic rings. The molecule has 0 unspecified atom stereocenters. The summed E-state index contributed by atoms with van der Waals surface area (Å²) < 4.78 is 7.53. The van der Waals surface area contributed by atoms with Gasteiger partial charge in [0.05, 0.1) is 12.3 Å². The maximum atomic E-state index is 11.9. The van der Waals surface area contributed by atoms with E-state index in [2.05, 4.69) is 29.6 Å². The van der Waals surface area contributed by atoms with Crippen molar-refractivity contribution in [2.24, 2.45) is 0 Å². The fourth-order valence-electron chi connectivity index (χ4n) is 2.93. The highest BCUT2D eigenvalue weighted by molar-refractivity contribution is 7.26. The van der Waals surface area contributed by atoms with Crippen LogP contribution >= 0.6 is 11.3 Å². The maximum Gasteiger partial charge on any atom is 0.411 e. The highest BCUT2D eigenvalue weighted by atomic mass is 32.1. The van der Waals surface area contributed by atoms with Crippen LogP contribution in [0.25, 0.3) is 30.9 Å². The lowest BCUT2D eigenvalue weighted by atomic mass is 10.0. The summed E-state index contributed by atoms with van der Waals surface area (Å²) in [5.41, 5.74) is 0.787. The fourth-order valence-corrected chi connectivity index (χ4v) is 4.15. The van der Waals surface area contributed by atoms with Gasteiger partial charge in [-0.25, -0.2) is 4.79 Å². The van der Waals surface area contributed by atoms with Gasteiger partial charge in [-0.2, -0.15) is 0 Å². The van der Waals surface area contributed by atoms with Crippen molar-refractivity contribution in [3.8, 4) is 0 Å². The van der Waals surface area contributed by atoms with Crippen molar-refractivity contribution in [1.82, 2.24) is 0 Å². The van der Waals surface area contributed by atoms with Crippen molar-refractivity contribution in [1.29, 1.82) is 0 Å². The molecule has 0 saturated heterocycles. The summed E-state index contributed by atoms with van der Waals surface area (Å²) in [5, 5.41) is 7.43. The van der Waals surface area contributed by atoms with Crippen LogP contribution in [0.1, 0.15) is 6.92 Å². The molecular weight excluding hydrogens is 306 g/mol. The van der Waals surface area contributed by atoms with Gasteiger partial charge in [0.25, 0.3) is 0 Å². The lowest BCUT2D eigenvalue weighted by Gasteiger charge is -2.10. The van der Waals surface area contributed by atoms with E-state index in [9.17, 15) is 4.79 Å². The number of carbonyl (C=O) groups is 1. The summed E-state index contributed by atoms with van der Waals surface area (Å²) in [7, 11) is 0. The number of ether oxygens (including phenoxy) is 1. The fraction of sp³-hybridized carbons (Fsp3) is 0.105. The molecule has 114 valence electrons. The minimum absolute atomic E-state index is 0.355. The second kappa shape index (κ2) is 5.56. The number of fused-ring (bicyclic) bond motifs is 5. The molecule has 1 aromatic heterocycles. The first-order valence-corrected chi connectivity index (χ1v) is 8.36. The van der Waals surface area contributed by atoms with E-state index in [0.717, 1.165) is 21.8 Å². The summed E-state index contributed by atoms with van der Waals surface area (Å²) in [6.07, 6.45) is -0.420. The number of rotatable bonds is 2. The minimum Gasteiger partial charge on any atom is -0.450 e. The quantitative estimate of drug-likeness (QED) is 0.508. The van der Waals surface area contributed by atoms with E-state index < -0.39 is 6.09 Å². The third-order valence-corrected chi connectivity index (χ3v) is 5.12. The van der Waals surface area contributed by atoms with E-state index in [1.165, 1.54) is 14.8 Å². The summed E-state index contributed by atoms with van der Waals surface area (Å²) in [6.45, 7) is 2.15. The first kappa shape index (κ1) is 14.0. The van der Waals surface area contributed by atoms with Gasteiger partial charge in [-0.1, -0.05) is 42.5 Å². The first-order valence-electron chi connectivity index (χ1n) is 7.54. The third kappa shape index (κ3) is 2.32. The molecule has 0 saturated carbocycles. The van der Waals surface area contributed by atoms with Gasteiger partial charge in [-0.3, -0.25) is 5.32 Å². The maximum absolute atomic E-state index is 11.9. The van der Waals surface area contributed by atoms with Crippen LogP contribution < -0.4 is 5.32 Å². The number of anilines is 1. The van der Waals surface area contributed by atoms with E-state index in [0.29, 0.717) is 6.61 Å². The number of hydrogen-bond acceptors (Lipinski definition) is 3. The average molecular weight is 321 g/mol. The van der Waals surface area contributed by atoms with Crippen LogP contribution in [0.3, 0.4) is 0 Å². The SMILES string of the molecule is CCOC(=O)Nc1cc2c3ccccc3sc2c2ccccc12. The Kier molecular flexibility index (Phi) is 3.39. The summed E-state index contributed by atoms with van der Waals surface area (Å²) in [4.78, 5) is 11.9. The van der Waals surface area contributed by atoms with Gasteiger partial charge < -0.3 is 4.74 Å². The number of amides is 1. The molecule has 1 amide bonds. The Hall–Kier alpha value is -2.59. The van der Waals surface area contributed by atoms with E-state index in [1.807, 2.05) is 30.3 Å². The number of benzene rings is 3. The predicted octanol–water partition coefficient (Wildman–Crippen LogP) is 5.78. The molecule has 0 spiro atoms.